The molecule has 3 aromatic rings. The molecule has 2 aromatic heterocycles. The van der Waals surface area contributed by atoms with Crippen LogP contribution in [-0.2, 0) is 0 Å². The Morgan fingerprint density at radius 1 is 1.25 bits per heavy atom. The predicted octanol–water partition coefficient (Wildman–Crippen LogP) is 3.29. The summed E-state index contributed by atoms with van der Waals surface area (Å²) in [5.41, 5.74) is 0.927. The Bertz CT molecular complexity index is 905. The SMILES string of the molecule is CC(C)c1cc(-n2cnc(C(=O)O)c2)nc(-c2ccccc2F)n1. The highest BCUT2D eigenvalue weighted by Gasteiger charge is 2.15. The number of hydrogen-bond donors (Lipinski definition) is 1. The van der Waals surface area contributed by atoms with Crippen LogP contribution in [0.3, 0.4) is 0 Å². The minimum atomic E-state index is -1.12. The van der Waals surface area contributed by atoms with Gasteiger partial charge in [0.25, 0.3) is 0 Å². The van der Waals surface area contributed by atoms with Crippen LogP contribution in [0.5, 0.6) is 0 Å². The normalized spacial score (nSPS) is 11.0. The smallest absolute Gasteiger partial charge is 0.356 e. The van der Waals surface area contributed by atoms with Crippen molar-refractivity contribution in [2.24, 2.45) is 0 Å². The molecule has 0 bridgehead atoms. The van der Waals surface area contributed by atoms with Gasteiger partial charge in [0.2, 0.25) is 0 Å². The zero-order valence-electron chi connectivity index (χ0n) is 13.1. The van der Waals surface area contributed by atoms with Crippen LogP contribution in [-0.4, -0.2) is 30.6 Å². The second kappa shape index (κ2) is 6.19. The van der Waals surface area contributed by atoms with Gasteiger partial charge in [0.05, 0.1) is 5.56 Å². The summed E-state index contributed by atoms with van der Waals surface area (Å²) in [6, 6.07) is 8.00. The summed E-state index contributed by atoms with van der Waals surface area (Å²) in [7, 11) is 0. The van der Waals surface area contributed by atoms with Crippen molar-refractivity contribution in [3.63, 3.8) is 0 Å². The molecule has 0 fully saturated rings. The van der Waals surface area contributed by atoms with Crippen molar-refractivity contribution in [3.05, 3.63) is 60.1 Å². The lowest BCUT2D eigenvalue weighted by Gasteiger charge is -2.11. The monoisotopic (exact) mass is 326 g/mol. The third kappa shape index (κ3) is 3.01. The maximum Gasteiger partial charge on any atom is 0.356 e. The Morgan fingerprint density at radius 3 is 2.62 bits per heavy atom. The molecule has 1 N–H and O–H groups in total. The van der Waals surface area contributed by atoms with E-state index in [1.807, 2.05) is 13.8 Å². The van der Waals surface area contributed by atoms with Crippen molar-refractivity contribution in [1.82, 2.24) is 19.5 Å². The number of carboxylic acids is 1. The first-order valence-electron chi connectivity index (χ1n) is 7.37. The van der Waals surface area contributed by atoms with Gasteiger partial charge in [-0.1, -0.05) is 26.0 Å². The first kappa shape index (κ1) is 15.8. The van der Waals surface area contributed by atoms with Crippen molar-refractivity contribution in [3.8, 4) is 17.2 Å². The van der Waals surface area contributed by atoms with Gasteiger partial charge in [0.1, 0.15) is 18.0 Å². The van der Waals surface area contributed by atoms with Crippen molar-refractivity contribution in [2.75, 3.05) is 0 Å². The Hall–Kier alpha value is -3.09. The molecule has 0 amide bonds. The van der Waals surface area contributed by atoms with Crippen LogP contribution < -0.4 is 0 Å². The molecule has 7 heteroatoms. The molecule has 2 heterocycles. The summed E-state index contributed by atoms with van der Waals surface area (Å²) in [6.07, 6.45) is 2.72. The zero-order valence-corrected chi connectivity index (χ0v) is 13.1. The van der Waals surface area contributed by atoms with Gasteiger partial charge in [-0.2, -0.15) is 0 Å². The first-order valence-corrected chi connectivity index (χ1v) is 7.37. The van der Waals surface area contributed by atoms with Crippen molar-refractivity contribution in [1.29, 1.82) is 0 Å². The number of aromatic nitrogens is 4. The molecule has 0 saturated carbocycles. The summed E-state index contributed by atoms with van der Waals surface area (Å²) < 4.78 is 15.6. The number of rotatable bonds is 4. The highest BCUT2D eigenvalue weighted by Crippen LogP contribution is 2.23. The summed E-state index contributed by atoms with van der Waals surface area (Å²) in [5.74, 6) is -0.756. The van der Waals surface area contributed by atoms with E-state index in [2.05, 4.69) is 15.0 Å². The van der Waals surface area contributed by atoms with E-state index in [1.54, 1.807) is 24.3 Å². The van der Waals surface area contributed by atoms with Gasteiger partial charge in [-0.05, 0) is 18.1 Å². The van der Waals surface area contributed by atoms with Crippen LogP contribution in [0.4, 0.5) is 4.39 Å². The molecular weight excluding hydrogens is 311 g/mol. The Kier molecular flexibility index (Phi) is 4.07. The molecule has 0 saturated heterocycles. The van der Waals surface area contributed by atoms with E-state index in [-0.39, 0.29) is 17.4 Å². The minimum Gasteiger partial charge on any atom is -0.476 e. The number of halogens is 1. The van der Waals surface area contributed by atoms with Crippen LogP contribution in [0.25, 0.3) is 17.2 Å². The summed E-state index contributed by atoms with van der Waals surface area (Å²) in [6.45, 7) is 3.93. The van der Waals surface area contributed by atoms with E-state index in [9.17, 15) is 9.18 Å². The molecule has 0 aliphatic heterocycles. The van der Waals surface area contributed by atoms with E-state index in [1.165, 1.54) is 23.2 Å². The van der Waals surface area contributed by atoms with Gasteiger partial charge in [0.15, 0.2) is 11.5 Å². The standard InChI is InChI=1S/C17H15FN4O2/c1-10(2)13-7-15(22-8-14(17(23)24)19-9-22)21-16(20-13)11-5-3-4-6-12(11)18/h3-10H,1-2H3,(H,23,24). The van der Waals surface area contributed by atoms with Crippen molar-refractivity contribution < 1.29 is 14.3 Å². The number of benzene rings is 1. The molecule has 24 heavy (non-hydrogen) atoms. The quantitative estimate of drug-likeness (QED) is 0.795. The average Bonchev–Trinajstić information content (AvgIpc) is 3.05. The van der Waals surface area contributed by atoms with Crippen LogP contribution in [0, 0.1) is 5.82 Å². The molecular formula is C17H15FN4O2. The lowest BCUT2D eigenvalue weighted by Crippen LogP contribution is -2.04. The van der Waals surface area contributed by atoms with Crippen molar-refractivity contribution in [2.45, 2.75) is 19.8 Å². The number of carbonyl (C=O) groups is 1. The summed E-state index contributed by atoms with van der Waals surface area (Å²) >= 11 is 0. The Morgan fingerprint density at radius 2 is 2.00 bits per heavy atom. The number of aromatic carboxylic acids is 1. The molecule has 3 rings (SSSR count). The van der Waals surface area contributed by atoms with E-state index < -0.39 is 11.8 Å². The van der Waals surface area contributed by atoms with Crippen molar-refractivity contribution >= 4 is 5.97 Å². The lowest BCUT2D eigenvalue weighted by atomic mass is 10.1. The van der Waals surface area contributed by atoms with Crippen LogP contribution >= 0.6 is 0 Å². The number of hydrogen-bond acceptors (Lipinski definition) is 4. The van der Waals surface area contributed by atoms with E-state index in [0.717, 1.165) is 5.69 Å². The molecule has 0 unspecified atom stereocenters. The molecule has 0 aliphatic carbocycles. The maximum atomic E-state index is 14.1. The molecule has 6 nitrogen and oxygen atoms in total. The van der Waals surface area contributed by atoms with Gasteiger partial charge in [-0.3, -0.25) is 4.57 Å². The topological polar surface area (TPSA) is 80.9 Å². The molecule has 0 aliphatic rings. The Labute approximate surface area is 137 Å². The molecule has 0 radical (unpaired) electrons. The zero-order chi connectivity index (χ0) is 17.3. The van der Waals surface area contributed by atoms with Crippen LogP contribution in [0.2, 0.25) is 0 Å². The number of imidazole rings is 1. The van der Waals surface area contributed by atoms with Gasteiger partial charge >= 0.3 is 5.97 Å². The van der Waals surface area contributed by atoms with Gasteiger partial charge in [-0.25, -0.2) is 24.1 Å². The van der Waals surface area contributed by atoms with E-state index in [0.29, 0.717) is 11.4 Å². The summed E-state index contributed by atoms with van der Waals surface area (Å²) in [5, 5.41) is 9.00. The lowest BCUT2D eigenvalue weighted by molar-refractivity contribution is 0.0691. The minimum absolute atomic E-state index is 0.0906. The first-order chi connectivity index (χ1) is 11.5. The van der Waals surface area contributed by atoms with Gasteiger partial charge in [0, 0.05) is 18.0 Å². The highest BCUT2D eigenvalue weighted by atomic mass is 19.1. The van der Waals surface area contributed by atoms with Crippen LogP contribution in [0.15, 0.2) is 42.9 Å². The largest absolute Gasteiger partial charge is 0.476 e. The second-order valence-corrected chi connectivity index (χ2v) is 5.58. The fourth-order valence-electron chi connectivity index (χ4n) is 2.20. The molecule has 122 valence electrons. The fraction of sp³-hybridized carbons (Fsp3) is 0.176. The summed E-state index contributed by atoms with van der Waals surface area (Å²) in [4.78, 5) is 23.6. The molecule has 0 atom stereocenters. The van der Waals surface area contributed by atoms with Crippen LogP contribution in [0.1, 0.15) is 35.9 Å². The van der Waals surface area contributed by atoms with E-state index in [4.69, 9.17) is 5.11 Å². The third-order valence-corrected chi connectivity index (χ3v) is 3.50. The Balaban J connectivity index is 2.16. The number of nitrogens with zero attached hydrogens (tertiary/aromatic N) is 4. The molecule has 0 spiro atoms. The highest BCUT2D eigenvalue weighted by molar-refractivity contribution is 5.85. The predicted molar refractivity (Wildman–Crippen MR) is 85.6 cm³/mol. The van der Waals surface area contributed by atoms with Gasteiger partial charge < -0.3 is 5.11 Å². The van der Waals surface area contributed by atoms with E-state index >= 15 is 0 Å². The molecule has 1 aromatic carbocycles. The maximum absolute atomic E-state index is 14.1. The second-order valence-electron chi connectivity index (χ2n) is 5.58. The van der Waals surface area contributed by atoms with Gasteiger partial charge in [-0.15, -0.1) is 0 Å². The fourth-order valence-corrected chi connectivity index (χ4v) is 2.20. The average molecular weight is 326 g/mol. The number of carboxylic acid groups (broad SMARTS) is 1. The third-order valence-electron chi connectivity index (χ3n) is 3.50.